The molecular formula is C22H22ClN3O4. The Bertz CT molecular complexity index is 996. The van der Waals surface area contributed by atoms with Gasteiger partial charge in [0, 0.05) is 37.4 Å². The maximum atomic E-state index is 12.6. The normalized spacial score (nSPS) is 20.8. The Balaban J connectivity index is 1.38. The highest BCUT2D eigenvalue weighted by Crippen LogP contribution is 2.33. The Labute approximate surface area is 179 Å². The van der Waals surface area contributed by atoms with E-state index in [4.69, 9.17) is 16.3 Å². The molecule has 4 rings (SSSR count). The standard InChI is InChI=1S/C22H22ClN3O4/c23-17-7-3-1-5-15(17)13-24-19(27)14-26-12-11-22(10-9-20(26)28)25-21(29)16-6-2-4-8-18(16)30-22/h1-8H,9-14H2,(H,24,27)(H,25,29). The molecule has 7 nitrogen and oxygen atoms in total. The zero-order valence-electron chi connectivity index (χ0n) is 16.3. The van der Waals surface area contributed by atoms with Gasteiger partial charge in [-0.3, -0.25) is 14.4 Å². The summed E-state index contributed by atoms with van der Waals surface area (Å²) in [5, 5.41) is 6.30. The number of nitrogens with one attached hydrogen (secondary N) is 2. The summed E-state index contributed by atoms with van der Waals surface area (Å²) in [6.45, 7) is 0.547. The van der Waals surface area contributed by atoms with Crippen molar-refractivity contribution in [3.63, 3.8) is 0 Å². The second-order valence-electron chi connectivity index (χ2n) is 7.48. The highest BCUT2D eigenvalue weighted by Gasteiger charge is 2.42. The molecule has 0 aromatic heterocycles. The first-order chi connectivity index (χ1) is 14.5. The monoisotopic (exact) mass is 427 g/mol. The number of rotatable bonds is 4. The summed E-state index contributed by atoms with van der Waals surface area (Å²) in [6, 6.07) is 14.3. The number of likely N-dealkylation sites (tertiary alicyclic amines) is 1. The molecule has 1 fully saturated rings. The fourth-order valence-electron chi connectivity index (χ4n) is 3.74. The molecule has 30 heavy (non-hydrogen) atoms. The van der Waals surface area contributed by atoms with Crippen LogP contribution in [0, 0.1) is 0 Å². The van der Waals surface area contributed by atoms with Crippen LogP contribution >= 0.6 is 11.6 Å². The minimum atomic E-state index is -0.941. The van der Waals surface area contributed by atoms with Crippen LogP contribution in [0.15, 0.2) is 48.5 Å². The first-order valence-electron chi connectivity index (χ1n) is 9.84. The number of halogens is 1. The lowest BCUT2D eigenvalue weighted by Crippen LogP contribution is -2.56. The molecule has 0 saturated carbocycles. The summed E-state index contributed by atoms with van der Waals surface area (Å²) in [5.41, 5.74) is 0.351. The number of benzene rings is 2. The molecule has 0 radical (unpaired) electrons. The Hall–Kier alpha value is -3.06. The van der Waals surface area contributed by atoms with E-state index in [2.05, 4.69) is 10.6 Å². The third-order valence-corrected chi connectivity index (χ3v) is 5.80. The number of fused-ring (bicyclic) bond motifs is 1. The van der Waals surface area contributed by atoms with Gasteiger partial charge in [0.1, 0.15) is 5.75 Å². The van der Waals surface area contributed by atoms with Crippen LogP contribution in [0.1, 0.15) is 35.2 Å². The number of amides is 3. The van der Waals surface area contributed by atoms with Crippen LogP contribution in [0.2, 0.25) is 5.02 Å². The minimum Gasteiger partial charge on any atom is -0.467 e. The highest BCUT2D eigenvalue weighted by atomic mass is 35.5. The van der Waals surface area contributed by atoms with Crippen molar-refractivity contribution in [1.82, 2.24) is 15.5 Å². The van der Waals surface area contributed by atoms with Gasteiger partial charge < -0.3 is 20.3 Å². The van der Waals surface area contributed by atoms with Crippen LogP contribution in [0.3, 0.4) is 0 Å². The van der Waals surface area contributed by atoms with Crippen LogP contribution in [0.5, 0.6) is 5.75 Å². The summed E-state index contributed by atoms with van der Waals surface area (Å²) in [6.07, 6.45) is 0.931. The van der Waals surface area contributed by atoms with Gasteiger partial charge in [-0.2, -0.15) is 0 Å². The second kappa shape index (κ2) is 8.36. The molecule has 2 aromatic carbocycles. The van der Waals surface area contributed by atoms with Crippen molar-refractivity contribution in [3.05, 3.63) is 64.7 Å². The number of hydrogen-bond acceptors (Lipinski definition) is 4. The van der Waals surface area contributed by atoms with Gasteiger partial charge in [0.15, 0.2) is 5.72 Å². The number of nitrogens with zero attached hydrogens (tertiary/aromatic N) is 1. The van der Waals surface area contributed by atoms with Gasteiger partial charge in [0.2, 0.25) is 11.8 Å². The maximum Gasteiger partial charge on any atom is 0.258 e. The lowest BCUT2D eigenvalue weighted by Gasteiger charge is -2.38. The molecular weight excluding hydrogens is 406 g/mol. The van der Waals surface area contributed by atoms with E-state index in [1.807, 2.05) is 24.3 Å². The summed E-state index contributed by atoms with van der Waals surface area (Å²) in [4.78, 5) is 39.0. The van der Waals surface area contributed by atoms with Crippen LogP contribution in [0.4, 0.5) is 0 Å². The molecule has 1 saturated heterocycles. The van der Waals surface area contributed by atoms with Crippen molar-refractivity contribution in [3.8, 4) is 5.75 Å². The van der Waals surface area contributed by atoms with Crippen molar-refractivity contribution in [1.29, 1.82) is 0 Å². The highest BCUT2D eigenvalue weighted by molar-refractivity contribution is 6.31. The molecule has 2 aliphatic heterocycles. The topological polar surface area (TPSA) is 87.7 Å². The fourth-order valence-corrected chi connectivity index (χ4v) is 3.95. The van der Waals surface area contributed by atoms with Crippen molar-refractivity contribution in [2.45, 2.75) is 31.5 Å². The molecule has 8 heteroatoms. The Kier molecular flexibility index (Phi) is 5.63. The quantitative estimate of drug-likeness (QED) is 0.784. The van der Waals surface area contributed by atoms with Gasteiger partial charge in [-0.15, -0.1) is 0 Å². The van der Waals surface area contributed by atoms with E-state index in [-0.39, 0.29) is 30.7 Å². The SMILES string of the molecule is O=C(CN1CCC2(CCC1=O)NC(=O)c1ccccc1O2)NCc1ccccc1Cl. The Morgan fingerprint density at radius 3 is 2.73 bits per heavy atom. The summed E-state index contributed by atoms with van der Waals surface area (Å²) in [7, 11) is 0. The van der Waals surface area contributed by atoms with E-state index in [1.54, 1.807) is 24.3 Å². The molecule has 1 atom stereocenters. The van der Waals surface area contributed by atoms with Gasteiger partial charge in [0.05, 0.1) is 12.1 Å². The van der Waals surface area contributed by atoms with Crippen molar-refractivity contribution < 1.29 is 19.1 Å². The third kappa shape index (κ3) is 4.26. The van der Waals surface area contributed by atoms with E-state index in [9.17, 15) is 14.4 Å². The number of carbonyl (C=O) groups excluding carboxylic acids is 3. The number of para-hydroxylation sites is 1. The lowest BCUT2D eigenvalue weighted by atomic mass is 10.0. The molecule has 0 bridgehead atoms. The molecule has 0 aliphatic carbocycles. The van der Waals surface area contributed by atoms with E-state index in [1.165, 1.54) is 4.90 Å². The van der Waals surface area contributed by atoms with Gasteiger partial charge in [-0.25, -0.2) is 0 Å². The second-order valence-corrected chi connectivity index (χ2v) is 7.89. The van der Waals surface area contributed by atoms with E-state index in [0.717, 1.165) is 5.56 Å². The summed E-state index contributed by atoms with van der Waals surface area (Å²) >= 11 is 6.11. The molecule has 2 heterocycles. The van der Waals surface area contributed by atoms with Crippen molar-refractivity contribution in [2.24, 2.45) is 0 Å². The third-order valence-electron chi connectivity index (χ3n) is 5.43. The van der Waals surface area contributed by atoms with Gasteiger partial charge in [-0.1, -0.05) is 41.9 Å². The molecule has 2 aliphatic rings. The number of carbonyl (C=O) groups is 3. The molecule has 1 spiro atoms. The zero-order valence-corrected chi connectivity index (χ0v) is 17.1. The molecule has 3 amide bonds. The first-order valence-corrected chi connectivity index (χ1v) is 10.2. The van der Waals surface area contributed by atoms with E-state index >= 15 is 0 Å². The fraction of sp³-hybridized carbons (Fsp3) is 0.318. The molecule has 1 unspecified atom stereocenters. The van der Waals surface area contributed by atoms with Crippen LogP contribution in [-0.4, -0.2) is 41.4 Å². The minimum absolute atomic E-state index is 0.0517. The average molecular weight is 428 g/mol. The Morgan fingerprint density at radius 1 is 1.13 bits per heavy atom. The van der Waals surface area contributed by atoms with Crippen molar-refractivity contribution in [2.75, 3.05) is 13.1 Å². The van der Waals surface area contributed by atoms with Crippen LogP contribution in [-0.2, 0) is 16.1 Å². The maximum absolute atomic E-state index is 12.6. The molecule has 2 N–H and O–H groups in total. The summed E-state index contributed by atoms with van der Waals surface area (Å²) < 4.78 is 6.10. The predicted octanol–water partition coefficient (Wildman–Crippen LogP) is 2.49. The molecule has 156 valence electrons. The first kappa shape index (κ1) is 20.2. The summed E-state index contributed by atoms with van der Waals surface area (Å²) in [5.74, 6) is -0.107. The number of hydrogen-bond donors (Lipinski definition) is 2. The smallest absolute Gasteiger partial charge is 0.258 e. The van der Waals surface area contributed by atoms with E-state index in [0.29, 0.717) is 42.3 Å². The van der Waals surface area contributed by atoms with Gasteiger partial charge in [-0.05, 0) is 23.8 Å². The molecule has 2 aromatic rings. The predicted molar refractivity (Wildman–Crippen MR) is 111 cm³/mol. The lowest BCUT2D eigenvalue weighted by molar-refractivity contribution is -0.135. The Morgan fingerprint density at radius 2 is 1.90 bits per heavy atom. The van der Waals surface area contributed by atoms with Crippen LogP contribution < -0.4 is 15.4 Å². The number of ether oxygens (including phenoxy) is 1. The van der Waals surface area contributed by atoms with E-state index < -0.39 is 5.72 Å². The zero-order chi connectivity index (χ0) is 21.1. The van der Waals surface area contributed by atoms with Crippen molar-refractivity contribution >= 4 is 29.3 Å². The largest absolute Gasteiger partial charge is 0.467 e. The van der Waals surface area contributed by atoms with Crippen LogP contribution in [0.25, 0.3) is 0 Å². The van der Waals surface area contributed by atoms with Gasteiger partial charge >= 0.3 is 0 Å². The van der Waals surface area contributed by atoms with Gasteiger partial charge in [0.25, 0.3) is 5.91 Å². The average Bonchev–Trinajstić information content (AvgIpc) is 2.87.